The van der Waals surface area contributed by atoms with Crippen LogP contribution in [0.3, 0.4) is 0 Å². The highest BCUT2D eigenvalue weighted by Gasteiger charge is 2.18. The lowest BCUT2D eigenvalue weighted by molar-refractivity contribution is 0.241. The van der Waals surface area contributed by atoms with Crippen molar-refractivity contribution in [1.29, 1.82) is 0 Å². The predicted molar refractivity (Wildman–Crippen MR) is 89.3 cm³/mol. The molecule has 0 fully saturated rings. The largest absolute Gasteiger partial charge is 0.338 e. The molecule has 0 aliphatic rings. The number of imidazole rings is 1. The van der Waals surface area contributed by atoms with Gasteiger partial charge in [0.05, 0.1) is 17.1 Å². The topological polar surface area (TPSA) is 81.3 Å². The van der Waals surface area contributed by atoms with Crippen LogP contribution >= 0.6 is 22.9 Å². The minimum Gasteiger partial charge on any atom is -0.328 e. The highest BCUT2D eigenvalue weighted by molar-refractivity contribution is 7.15. The first-order valence-electron chi connectivity index (χ1n) is 6.83. The molecule has 0 aliphatic heterocycles. The van der Waals surface area contributed by atoms with Crippen molar-refractivity contribution in [2.45, 2.75) is 13.0 Å². The van der Waals surface area contributed by atoms with Gasteiger partial charge in [0.25, 0.3) is 5.56 Å². The number of rotatable bonds is 2. The van der Waals surface area contributed by atoms with E-state index < -0.39 is 6.03 Å². The number of fused-ring (bicyclic) bond motifs is 2. The van der Waals surface area contributed by atoms with E-state index in [9.17, 15) is 9.59 Å². The first-order valence-corrected chi connectivity index (χ1v) is 8.49. The number of carbonyl (C=O) groups excluding carboxylic acids is 1. The molecule has 0 aliphatic carbocycles. The van der Waals surface area contributed by atoms with Crippen LogP contribution in [-0.2, 0) is 0 Å². The Bertz CT molecular complexity index is 1050. The monoisotopic (exact) mass is 345 g/mol. The molecule has 4 heterocycles. The van der Waals surface area contributed by atoms with Gasteiger partial charge in [0.1, 0.15) is 4.83 Å². The van der Waals surface area contributed by atoms with E-state index in [1.54, 1.807) is 18.3 Å². The lowest BCUT2D eigenvalue weighted by atomic mass is 10.2. The average molecular weight is 345 g/mol. The number of hydrogen-bond acceptors (Lipinski definition) is 6. The fourth-order valence-electron chi connectivity index (χ4n) is 2.27. The molecule has 4 aromatic heterocycles. The average Bonchev–Trinajstić information content (AvgIpc) is 3.20. The van der Waals surface area contributed by atoms with Crippen LogP contribution in [0.25, 0.3) is 15.2 Å². The summed E-state index contributed by atoms with van der Waals surface area (Å²) in [7, 11) is 0. The molecule has 0 bridgehead atoms. The summed E-state index contributed by atoms with van der Waals surface area (Å²) < 4.78 is 2.99. The van der Waals surface area contributed by atoms with Crippen molar-refractivity contribution in [3.63, 3.8) is 0 Å². The molecule has 0 spiro atoms. The molecule has 0 saturated heterocycles. The zero-order chi connectivity index (χ0) is 16.0. The van der Waals surface area contributed by atoms with Crippen LogP contribution in [0.4, 0.5) is 4.79 Å². The van der Waals surface area contributed by atoms with E-state index in [2.05, 4.69) is 15.3 Å². The zero-order valence-electron chi connectivity index (χ0n) is 12.0. The van der Waals surface area contributed by atoms with Gasteiger partial charge in [0, 0.05) is 24.0 Å². The van der Waals surface area contributed by atoms with E-state index >= 15 is 0 Å². The Kier molecular flexibility index (Phi) is 3.24. The van der Waals surface area contributed by atoms with Crippen molar-refractivity contribution >= 4 is 44.1 Å². The fraction of sp³-hybridized carbons (Fsp3) is 0.143. The molecule has 0 saturated carbocycles. The van der Waals surface area contributed by atoms with Crippen LogP contribution in [0.15, 0.2) is 40.9 Å². The Balaban J connectivity index is 1.62. The van der Waals surface area contributed by atoms with Crippen molar-refractivity contribution in [3.05, 3.63) is 52.2 Å². The first kappa shape index (κ1) is 14.1. The summed E-state index contributed by atoms with van der Waals surface area (Å²) in [5, 5.41) is 5.19. The van der Waals surface area contributed by atoms with Crippen LogP contribution in [0.5, 0.6) is 0 Å². The summed E-state index contributed by atoms with van der Waals surface area (Å²) in [4.78, 5) is 34.6. The second-order valence-electron chi connectivity index (χ2n) is 4.98. The quantitative estimate of drug-likeness (QED) is 0.605. The van der Waals surface area contributed by atoms with Gasteiger partial charge in [-0.3, -0.25) is 9.20 Å². The maximum Gasteiger partial charge on any atom is 0.338 e. The molecule has 0 aromatic carbocycles. The third-order valence-electron chi connectivity index (χ3n) is 3.44. The SMILES string of the molecule is CC(NC(=O)n1sc2ncccc2c1=O)c1cn2ccsc2n1. The number of pyridine rings is 1. The third-order valence-corrected chi connectivity index (χ3v) is 5.23. The molecule has 116 valence electrons. The molecule has 1 atom stereocenters. The van der Waals surface area contributed by atoms with Crippen molar-refractivity contribution in [3.8, 4) is 0 Å². The summed E-state index contributed by atoms with van der Waals surface area (Å²) in [6.07, 6.45) is 5.38. The molecular weight excluding hydrogens is 334 g/mol. The van der Waals surface area contributed by atoms with E-state index in [-0.39, 0.29) is 11.6 Å². The molecule has 1 N–H and O–H groups in total. The van der Waals surface area contributed by atoms with Gasteiger partial charge in [-0.15, -0.1) is 11.3 Å². The highest BCUT2D eigenvalue weighted by atomic mass is 32.1. The highest BCUT2D eigenvalue weighted by Crippen LogP contribution is 2.17. The molecule has 0 radical (unpaired) electrons. The van der Waals surface area contributed by atoms with Crippen molar-refractivity contribution in [1.82, 2.24) is 23.6 Å². The number of thiazole rings is 1. The maximum absolute atomic E-state index is 12.4. The van der Waals surface area contributed by atoms with Gasteiger partial charge in [-0.05, 0) is 30.6 Å². The minimum atomic E-state index is -0.471. The molecule has 1 unspecified atom stereocenters. The van der Waals surface area contributed by atoms with Crippen LogP contribution in [-0.4, -0.2) is 24.4 Å². The minimum absolute atomic E-state index is 0.306. The third kappa shape index (κ3) is 2.34. The molecule has 7 nitrogen and oxygen atoms in total. The molecule has 4 rings (SSSR count). The van der Waals surface area contributed by atoms with Gasteiger partial charge in [-0.2, -0.15) is 3.96 Å². The van der Waals surface area contributed by atoms with Gasteiger partial charge < -0.3 is 5.32 Å². The predicted octanol–water partition coefficient (Wildman–Crippen LogP) is 2.49. The van der Waals surface area contributed by atoms with Crippen LogP contribution in [0.1, 0.15) is 18.7 Å². The second kappa shape index (κ2) is 5.28. The van der Waals surface area contributed by atoms with E-state index in [0.29, 0.717) is 10.2 Å². The lowest BCUT2D eigenvalue weighted by Crippen LogP contribution is -2.34. The standard InChI is InChI=1S/C14H11N5O2S2/c1-8(10-7-18-5-6-22-14(18)17-10)16-13(21)19-12(20)9-3-2-4-15-11(9)23-19/h2-8H,1H3,(H,16,21). The number of hydrogen-bond donors (Lipinski definition) is 1. The smallest absolute Gasteiger partial charge is 0.328 e. The van der Waals surface area contributed by atoms with Crippen LogP contribution in [0, 0.1) is 0 Å². The van der Waals surface area contributed by atoms with Crippen LogP contribution < -0.4 is 10.9 Å². The molecule has 9 heteroatoms. The van der Waals surface area contributed by atoms with Crippen molar-refractivity contribution in [2.75, 3.05) is 0 Å². The van der Waals surface area contributed by atoms with E-state index in [4.69, 9.17) is 0 Å². The van der Waals surface area contributed by atoms with Crippen LogP contribution in [0.2, 0.25) is 0 Å². The van der Waals surface area contributed by atoms with E-state index in [0.717, 1.165) is 26.1 Å². The lowest BCUT2D eigenvalue weighted by Gasteiger charge is -2.10. The number of nitrogens with one attached hydrogen (secondary N) is 1. The number of carbonyl (C=O) groups is 1. The summed E-state index contributed by atoms with van der Waals surface area (Å²) in [6, 6.07) is 2.57. The second-order valence-corrected chi connectivity index (χ2v) is 6.78. The van der Waals surface area contributed by atoms with E-state index in [1.807, 2.05) is 29.1 Å². The Morgan fingerprint density at radius 1 is 1.43 bits per heavy atom. The fourth-order valence-corrected chi connectivity index (χ4v) is 3.83. The maximum atomic E-state index is 12.4. The summed E-state index contributed by atoms with van der Waals surface area (Å²) in [5.74, 6) is 0. The Morgan fingerprint density at radius 3 is 3.09 bits per heavy atom. The van der Waals surface area contributed by atoms with Gasteiger partial charge in [-0.1, -0.05) is 0 Å². The van der Waals surface area contributed by atoms with Gasteiger partial charge in [0.15, 0.2) is 4.96 Å². The van der Waals surface area contributed by atoms with Gasteiger partial charge in [0.2, 0.25) is 0 Å². The molecule has 1 amide bonds. The van der Waals surface area contributed by atoms with Gasteiger partial charge >= 0.3 is 6.03 Å². The van der Waals surface area contributed by atoms with E-state index in [1.165, 1.54) is 11.3 Å². The first-order chi connectivity index (χ1) is 11.1. The van der Waals surface area contributed by atoms with Crippen molar-refractivity contribution < 1.29 is 4.79 Å². The molecular formula is C14H11N5O2S2. The normalized spacial score (nSPS) is 12.7. The molecule has 23 heavy (non-hydrogen) atoms. The summed E-state index contributed by atoms with van der Waals surface area (Å²) >= 11 is 2.56. The summed E-state index contributed by atoms with van der Waals surface area (Å²) in [6.45, 7) is 1.83. The van der Waals surface area contributed by atoms with Crippen molar-refractivity contribution in [2.24, 2.45) is 0 Å². The number of amides is 1. The Labute approximate surface area is 138 Å². The zero-order valence-corrected chi connectivity index (χ0v) is 13.6. The number of nitrogens with zero attached hydrogens (tertiary/aromatic N) is 4. The van der Waals surface area contributed by atoms with Gasteiger partial charge in [-0.25, -0.2) is 14.8 Å². The number of aromatic nitrogens is 4. The Morgan fingerprint density at radius 2 is 2.30 bits per heavy atom. The summed E-state index contributed by atoms with van der Waals surface area (Å²) in [5.41, 5.74) is 0.395. The Hall–Kier alpha value is -2.52. The molecule has 4 aromatic rings.